The summed E-state index contributed by atoms with van der Waals surface area (Å²) in [6.07, 6.45) is 1.24. The molecule has 54 valence electrons. The van der Waals surface area contributed by atoms with Gasteiger partial charge in [-0.25, -0.2) is 0 Å². The molecule has 0 N–H and O–H groups in total. The van der Waals surface area contributed by atoms with Gasteiger partial charge in [0.25, 0.3) is 0 Å². The van der Waals surface area contributed by atoms with Crippen LogP contribution in [-0.4, -0.2) is 17.8 Å². The van der Waals surface area contributed by atoms with E-state index in [1.165, 1.54) is 6.42 Å². The summed E-state index contributed by atoms with van der Waals surface area (Å²) in [5, 5.41) is 2.01. The van der Waals surface area contributed by atoms with Crippen molar-refractivity contribution in [1.82, 2.24) is 5.06 Å². The van der Waals surface area contributed by atoms with Crippen LogP contribution in [0.15, 0.2) is 0 Å². The Labute approximate surface area is 56.8 Å². The Bertz CT molecular complexity index is 88.9. The molecule has 1 rings (SSSR count). The number of hydroxylamine groups is 2. The minimum atomic E-state index is 0.616. The monoisotopic (exact) mass is 129 g/mol. The molecule has 0 radical (unpaired) electrons. The molecule has 2 unspecified atom stereocenters. The number of nitrogens with zero attached hydrogens (tertiary/aromatic N) is 1. The van der Waals surface area contributed by atoms with Crippen molar-refractivity contribution in [1.29, 1.82) is 0 Å². The summed E-state index contributed by atoms with van der Waals surface area (Å²) in [4.78, 5) is 5.00. The lowest BCUT2D eigenvalue weighted by Crippen LogP contribution is -2.15. The molecule has 1 saturated heterocycles. The second-order valence-electron chi connectivity index (χ2n) is 3.15. The van der Waals surface area contributed by atoms with E-state index in [4.69, 9.17) is 4.84 Å². The highest BCUT2D eigenvalue weighted by Crippen LogP contribution is 2.18. The van der Waals surface area contributed by atoms with Crippen LogP contribution < -0.4 is 0 Å². The molecule has 2 atom stereocenters. The fourth-order valence-corrected chi connectivity index (χ4v) is 1.09. The van der Waals surface area contributed by atoms with Gasteiger partial charge in [0.2, 0.25) is 0 Å². The predicted molar refractivity (Wildman–Crippen MR) is 36.7 cm³/mol. The summed E-state index contributed by atoms with van der Waals surface area (Å²) < 4.78 is 0. The van der Waals surface area contributed by atoms with Crippen LogP contribution in [0.25, 0.3) is 0 Å². The van der Waals surface area contributed by atoms with E-state index < -0.39 is 0 Å². The summed E-state index contributed by atoms with van der Waals surface area (Å²) in [7, 11) is 0. The Hall–Kier alpha value is -0.0800. The van der Waals surface area contributed by atoms with Gasteiger partial charge in [-0.05, 0) is 19.3 Å². The number of rotatable bonds is 3. The van der Waals surface area contributed by atoms with Gasteiger partial charge in [0.05, 0.1) is 0 Å². The third-order valence-electron chi connectivity index (χ3n) is 1.58. The van der Waals surface area contributed by atoms with Gasteiger partial charge in [0.15, 0.2) is 0 Å². The third-order valence-corrected chi connectivity index (χ3v) is 1.58. The minimum Gasteiger partial charge on any atom is -0.278 e. The van der Waals surface area contributed by atoms with Crippen molar-refractivity contribution >= 4 is 0 Å². The maximum Gasteiger partial charge on any atom is 0.144 e. The van der Waals surface area contributed by atoms with Gasteiger partial charge in [-0.3, -0.25) is 4.84 Å². The highest BCUT2D eigenvalue weighted by Gasteiger charge is 2.25. The van der Waals surface area contributed by atoms with Crippen molar-refractivity contribution in [3.63, 3.8) is 0 Å². The van der Waals surface area contributed by atoms with E-state index >= 15 is 0 Å². The van der Waals surface area contributed by atoms with Crippen molar-refractivity contribution < 1.29 is 4.84 Å². The first-order valence-corrected chi connectivity index (χ1v) is 3.59. The van der Waals surface area contributed by atoms with Gasteiger partial charge in [-0.15, -0.1) is 0 Å². The molecular weight excluding hydrogens is 114 g/mol. The lowest BCUT2D eigenvalue weighted by molar-refractivity contribution is 0.141. The molecule has 0 saturated carbocycles. The summed E-state index contributed by atoms with van der Waals surface area (Å²) in [5.41, 5.74) is 0. The van der Waals surface area contributed by atoms with E-state index in [1.807, 2.05) is 5.06 Å². The third kappa shape index (κ3) is 2.33. The van der Waals surface area contributed by atoms with Crippen molar-refractivity contribution in [3.8, 4) is 0 Å². The highest BCUT2D eigenvalue weighted by atomic mass is 16.8. The first-order chi connectivity index (χ1) is 4.20. The van der Waals surface area contributed by atoms with Crippen LogP contribution in [0.1, 0.15) is 27.2 Å². The van der Waals surface area contributed by atoms with E-state index in [0.717, 1.165) is 12.6 Å². The standard InChI is InChI=1S/C7H15NO/c1-6(2)4-7(3)8-5-9-8/h6-7H,4-5H2,1-3H3. The topological polar surface area (TPSA) is 15.5 Å². The second kappa shape index (κ2) is 2.67. The van der Waals surface area contributed by atoms with Gasteiger partial charge in [-0.2, -0.15) is 5.06 Å². The van der Waals surface area contributed by atoms with E-state index in [0.29, 0.717) is 6.04 Å². The fraction of sp³-hybridized carbons (Fsp3) is 1.00. The molecule has 0 spiro atoms. The lowest BCUT2D eigenvalue weighted by atomic mass is 10.1. The zero-order valence-corrected chi connectivity index (χ0v) is 6.42. The summed E-state index contributed by atoms with van der Waals surface area (Å²) >= 11 is 0. The van der Waals surface area contributed by atoms with Gasteiger partial charge < -0.3 is 0 Å². The van der Waals surface area contributed by atoms with Crippen LogP contribution in [0.5, 0.6) is 0 Å². The molecule has 0 aromatic heterocycles. The normalized spacial score (nSPS) is 28.7. The van der Waals surface area contributed by atoms with Crippen molar-refractivity contribution in [3.05, 3.63) is 0 Å². The van der Waals surface area contributed by atoms with Crippen molar-refractivity contribution in [2.24, 2.45) is 5.92 Å². The molecule has 0 aromatic rings. The van der Waals surface area contributed by atoms with E-state index in [-0.39, 0.29) is 0 Å². The van der Waals surface area contributed by atoms with Gasteiger partial charge >= 0.3 is 0 Å². The molecule has 0 aromatic carbocycles. The zero-order chi connectivity index (χ0) is 6.85. The van der Waals surface area contributed by atoms with Crippen LogP contribution in [0.2, 0.25) is 0 Å². The van der Waals surface area contributed by atoms with Crippen molar-refractivity contribution in [2.75, 3.05) is 6.73 Å². The SMILES string of the molecule is CC(C)CC(C)N1CO1. The Morgan fingerprint density at radius 1 is 1.44 bits per heavy atom. The molecule has 2 heteroatoms. The Morgan fingerprint density at radius 2 is 2.00 bits per heavy atom. The van der Waals surface area contributed by atoms with Crippen LogP contribution in [0.4, 0.5) is 0 Å². The maximum absolute atomic E-state index is 5.00. The van der Waals surface area contributed by atoms with E-state index in [9.17, 15) is 0 Å². The first-order valence-electron chi connectivity index (χ1n) is 3.59. The van der Waals surface area contributed by atoms with Gasteiger partial charge in [-0.1, -0.05) is 13.8 Å². The number of hydrogen-bond acceptors (Lipinski definition) is 2. The van der Waals surface area contributed by atoms with Crippen LogP contribution in [0, 0.1) is 5.92 Å². The Balaban J connectivity index is 2.10. The Kier molecular flexibility index (Phi) is 2.09. The molecule has 9 heavy (non-hydrogen) atoms. The minimum absolute atomic E-state index is 0.616. The molecule has 2 nitrogen and oxygen atoms in total. The zero-order valence-electron chi connectivity index (χ0n) is 6.42. The van der Waals surface area contributed by atoms with Gasteiger partial charge in [0, 0.05) is 6.04 Å². The molecule has 1 fully saturated rings. The van der Waals surface area contributed by atoms with Crippen LogP contribution >= 0.6 is 0 Å². The molecule has 1 heterocycles. The predicted octanol–water partition coefficient (Wildman–Crippen LogP) is 1.63. The quantitative estimate of drug-likeness (QED) is 0.538. The van der Waals surface area contributed by atoms with E-state index in [2.05, 4.69) is 20.8 Å². The largest absolute Gasteiger partial charge is 0.278 e. The molecule has 0 bridgehead atoms. The lowest BCUT2D eigenvalue weighted by Gasteiger charge is -2.10. The summed E-state index contributed by atoms with van der Waals surface area (Å²) in [5.74, 6) is 0.782. The average molecular weight is 129 g/mol. The van der Waals surface area contributed by atoms with Crippen LogP contribution in [-0.2, 0) is 4.84 Å². The van der Waals surface area contributed by atoms with E-state index in [1.54, 1.807) is 0 Å². The second-order valence-corrected chi connectivity index (χ2v) is 3.15. The molecule has 0 amide bonds. The number of hydrogen-bond donors (Lipinski definition) is 0. The maximum atomic E-state index is 5.00. The molecular formula is C7H15NO. The molecule has 1 aliphatic rings. The van der Waals surface area contributed by atoms with Gasteiger partial charge in [0.1, 0.15) is 6.73 Å². The molecule has 1 aliphatic heterocycles. The molecule has 0 aliphatic carbocycles. The first kappa shape index (κ1) is 7.03. The summed E-state index contributed by atoms with van der Waals surface area (Å²) in [6.45, 7) is 7.51. The van der Waals surface area contributed by atoms with Crippen LogP contribution in [0.3, 0.4) is 0 Å². The van der Waals surface area contributed by atoms with Crippen molar-refractivity contribution in [2.45, 2.75) is 33.2 Å². The summed E-state index contributed by atoms with van der Waals surface area (Å²) in [6, 6.07) is 0.616. The average Bonchev–Trinajstić information content (AvgIpc) is 2.40. The highest BCUT2D eigenvalue weighted by molar-refractivity contribution is 4.63. The fourth-order valence-electron chi connectivity index (χ4n) is 1.09. The smallest absolute Gasteiger partial charge is 0.144 e. The Morgan fingerprint density at radius 3 is 2.33 bits per heavy atom.